The molecule has 5 nitrogen and oxygen atoms in total. The molecular formula is C30H42O5. The van der Waals surface area contributed by atoms with E-state index in [1.807, 2.05) is 39.0 Å². The summed E-state index contributed by atoms with van der Waals surface area (Å²) in [6, 6.07) is 1.89. The summed E-state index contributed by atoms with van der Waals surface area (Å²) in [5.41, 5.74) is 5.42. The Balaban J connectivity index is 2.61. The number of aryl methyl sites for hydroxylation is 1. The van der Waals surface area contributed by atoms with E-state index < -0.39 is 11.9 Å². The van der Waals surface area contributed by atoms with E-state index in [-0.39, 0.29) is 5.92 Å². The van der Waals surface area contributed by atoms with Gasteiger partial charge in [0.15, 0.2) is 0 Å². The summed E-state index contributed by atoms with van der Waals surface area (Å²) in [6.45, 7) is 12.2. The zero-order valence-corrected chi connectivity index (χ0v) is 21.8. The fourth-order valence-corrected chi connectivity index (χ4v) is 3.77. The molecule has 1 aromatic heterocycles. The van der Waals surface area contributed by atoms with Gasteiger partial charge in [-0.3, -0.25) is 0 Å². The predicted molar refractivity (Wildman–Crippen MR) is 142 cm³/mol. The maximum Gasteiger partial charge on any atom is 0.331 e. The van der Waals surface area contributed by atoms with E-state index in [4.69, 9.17) is 4.42 Å². The lowest BCUT2D eigenvalue weighted by Gasteiger charge is -2.16. The highest BCUT2D eigenvalue weighted by molar-refractivity contribution is 5.86. The molecule has 0 saturated carbocycles. The van der Waals surface area contributed by atoms with Crippen molar-refractivity contribution >= 4 is 11.9 Å². The van der Waals surface area contributed by atoms with Crippen LogP contribution in [0.25, 0.3) is 0 Å². The van der Waals surface area contributed by atoms with Crippen molar-refractivity contribution in [2.75, 3.05) is 0 Å². The molecule has 0 saturated heterocycles. The number of furan rings is 1. The average molecular weight is 483 g/mol. The molecule has 0 bridgehead atoms. The van der Waals surface area contributed by atoms with Crippen molar-refractivity contribution < 1.29 is 24.2 Å². The van der Waals surface area contributed by atoms with Crippen LogP contribution in [-0.4, -0.2) is 22.2 Å². The van der Waals surface area contributed by atoms with E-state index in [0.717, 1.165) is 43.2 Å². The molecule has 0 amide bonds. The molecule has 1 atom stereocenters. The van der Waals surface area contributed by atoms with E-state index in [1.54, 1.807) is 12.5 Å². The van der Waals surface area contributed by atoms with Crippen LogP contribution in [0.3, 0.4) is 0 Å². The largest absolute Gasteiger partial charge is 0.478 e. The van der Waals surface area contributed by atoms with Crippen LogP contribution in [0, 0.1) is 5.92 Å². The van der Waals surface area contributed by atoms with Crippen molar-refractivity contribution in [1.82, 2.24) is 0 Å². The average Bonchev–Trinajstić information content (AvgIpc) is 3.29. The van der Waals surface area contributed by atoms with Gasteiger partial charge in [-0.25, -0.2) is 9.59 Å². The third-order valence-corrected chi connectivity index (χ3v) is 6.06. The summed E-state index contributed by atoms with van der Waals surface area (Å²) in [6.07, 6.45) is 17.4. The lowest BCUT2D eigenvalue weighted by Crippen LogP contribution is -2.06. The van der Waals surface area contributed by atoms with Gasteiger partial charge in [0.25, 0.3) is 0 Å². The second-order valence-corrected chi connectivity index (χ2v) is 9.47. The van der Waals surface area contributed by atoms with E-state index in [0.29, 0.717) is 36.8 Å². The normalized spacial score (nSPS) is 13.4. The fraction of sp³-hybridized carbons (Fsp3) is 0.467. The van der Waals surface area contributed by atoms with Crippen LogP contribution in [0.1, 0.15) is 84.6 Å². The third kappa shape index (κ3) is 13.4. The van der Waals surface area contributed by atoms with Crippen LogP contribution in [0.2, 0.25) is 0 Å². The maximum absolute atomic E-state index is 11.7. The molecule has 0 aliphatic heterocycles. The van der Waals surface area contributed by atoms with Crippen LogP contribution in [0.5, 0.6) is 0 Å². The van der Waals surface area contributed by atoms with E-state index in [2.05, 4.69) is 25.7 Å². The van der Waals surface area contributed by atoms with Crippen molar-refractivity contribution in [2.24, 2.45) is 5.92 Å². The molecule has 192 valence electrons. The Bertz CT molecular complexity index is 937. The monoisotopic (exact) mass is 482 g/mol. The van der Waals surface area contributed by atoms with Crippen molar-refractivity contribution in [1.29, 1.82) is 0 Å². The number of aliphatic carboxylic acids is 2. The minimum Gasteiger partial charge on any atom is -0.478 e. The molecule has 1 rings (SSSR count). The first kappa shape index (κ1) is 30.0. The van der Waals surface area contributed by atoms with Gasteiger partial charge in [0.1, 0.15) is 0 Å². The molecule has 0 spiro atoms. The predicted octanol–water partition coefficient (Wildman–Crippen LogP) is 8.07. The van der Waals surface area contributed by atoms with Crippen LogP contribution >= 0.6 is 0 Å². The molecule has 0 unspecified atom stereocenters. The molecular weight excluding hydrogens is 440 g/mol. The lowest BCUT2D eigenvalue weighted by atomic mass is 9.89. The molecule has 0 fully saturated rings. The number of hydrogen-bond acceptors (Lipinski definition) is 3. The summed E-state index contributed by atoms with van der Waals surface area (Å²) in [4.78, 5) is 23.2. The molecule has 0 aliphatic rings. The van der Waals surface area contributed by atoms with Gasteiger partial charge in [-0.05, 0) is 103 Å². The van der Waals surface area contributed by atoms with Gasteiger partial charge in [0.2, 0.25) is 0 Å². The van der Waals surface area contributed by atoms with Crippen LogP contribution in [0.4, 0.5) is 0 Å². The Morgan fingerprint density at radius 1 is 0.914 bits per heavy atom. The molecule has 0 aliphatic carbocycles. The standard InChI is InChI=1S/C30H42O5/c1-22(2)9-6-12-27(29(31)32)13-7-10-24(5)15-16-26(23(3)4)17-18-28(30(33)34)14-8-11-25-19-20-35-21-25/h9,13-15,19-21,26H,3,6-8,10-12,16-18H2,1-2,4-5H3,(H,31,32)(H,33,34)/b24-15+,27-13+,28-14-/t26-/m0/s1. The fourth-order valence-electron chi connectivity index (χ4n) is 3.77. The molecule has 1 heterocycles. The first-order valence-corrected chi connectivity index (χ1v) is 12.4. The van der Waals surface area contributed by atoms with Gasteiger partial charge in [-0.1, -0.05) is 47.6 Å². The number of carboxylic acids is 2. The highest BCUT2D eigenvalue weighted by Gasteiger charge is 2.13. The molecule has 5 heteroatoms. The summed E-state index contributed by atoms with van der Waals surface area (Å²) in [5.74, 6) is -1.51. The Morgan fingerprint density at radius 2 is 1.54 bits per heavy atom. The van der Waals surface area contributed by atoms with E-state index in [9.17, 15) is 19.8 Å². The Hall–Kier alpha value is -3.08. The van der Waals surface area contributed by atoms with Gasteiger partial charge < -0.3 is 14.6 Å². The smallest absolute Gasteiger partial charge is 0.331 e. The van der Waals surface area contributed by atoms with Crippen LogP contribution < -0.4 is 0 Å². The first-order valence-electron chi connectivity index (χ1n) is 12.4. The topological polar surface area (TPSA) is 87.7 Å². The van der Waals surface area contributed by atoms with Crippen molar-refractivity contribution in [3.8, 4) is 0 Å². The maximum atomic E-state index is 11.7. The van der Waals surface area contributed by atoms with Gasteiger partial charge in [-0.15, -0.1) is 0 Å². The Morgan fingerprint density at radius 3 is 2.11 bits per heavy atom. The van der Waals surface area contributed by atoms with Crippen LogP contribution in [-0.2, 0) is 16.0 Å². The molecule has 2 N–H and O–H groups in total. The minimum atomic E-state index is -0.866. The van der Waals surface area contributed by atoms with Crippen molar-refractivity contribution in [2.45, 2.75) is 85.5 Å². The third-order valence-electron chi connectivity index (χ3n) is 6.06. The highest BCUT2D eigenvalue weighted by atomic mass is 16.4. The summed E-state index contributed by atoms with van der Waals surface area (Å²) < 4.78 is 5.06. The first-order chi connectivity index (χ1) is 16.6. The lowest BCUT2D eigenvalue weighted by molar-refractivity contribution is -0.133. The summed E-state index contributed by atoms with van der Waals surface area (Å²) in [5, 5.41) is 19.0. The summed E-state index contributed by atoms with van der Waals surface area (Å²) in [7, 11) is 0. The summed E-state index contributed by atoms with van der Waals surface area (Å²) >= 11 is 0. The van der Waals surface area contributed by atoms with E-state index in [1.165, 1.54) is 11.1 Å². The number of carboxylic acid groups (broad SMARTS) is 2. The molecule has 0 aromatic carbocycles. The number of rotatable bonds is 17. The van der Waals surface area contributed by atoms with Gasteiger partial charge in [-0.2, -0.15) is 0 Å². The second kappa shape index (κ2) is 16.5. The quantitative estimate of drug-likeness (QED) is 0.173. The van der Waals surface area contributed by atoms with Crippen LogP contribution in [0.15, 0.2) is 81.8 Å². The number of carbonyl (C=O) groups is 2. The minimum absolute atomic E-state index is 0.204. The van der Waals surface area contributed by atoms with Crippen molar-refractivity contribution in [3.63, 3.8) is 0 Å². The zero-order valence-electron chi connectivity index (χ0n) is 21.8. The molecule has 35 heavy (non-hydrogen) atoms. The van der Waals surface area contributed by atoms with Gasteiger partial charge >= 0.3 is 11.9 Å². The Labute approximate surface area is 210 Å². The Kier molecular flexibility index (Phi) is 14.1. The number of allylic oxidation sites excluding steroid dienone is 7. The SMILES string of the molecule is C=C(C)[C@@H](C/C=C(\C)CC/C=C(\CCC=C(C)C)C(=O)O)CC/C(=C/CCc1ccoc1)C(=O)O. The molecule has 1 aromatic rings. The van der Waals surface area contributed by atoms with Crippen molar-refractivity contribution in [3.05, 3.63) is 82.9 Å². The highest BCUT2D eigenvalue weighted by Crippen LogP contribution is 2.24. The van der Waals surface area contributed by atoms with Gasteiger partial charge in [0.05, 0.1) is 12.5 Å². The second-order valence-electron chi connectivity index (χ2n) is 9.47. The molecule has 0 radical (unpaired) electrons. The zero-order chi connectivity index (χ0) is 26.2. The van der Waals surface area contributed by atoms with E-state index >= 15 is 0 Å². The van der Waals surface area contributed by atoms with Gasteiger partial charge in [0, 0.05) is 11.1 Å². The number of hydrogen-bond donors (Lipinski definition) is 2.